The van der Waals surface area contributed by atoms with E-state index in [1.165, 1.54) is 5.69 Å². The van der Waals surface area contributed by atoms with Gasteiger partial charge in [-0.3, -0.25) is 9.88 Å². The Morgan fingerprint density at radius 3 is 2.41 bits per heavy atom. The van der Waals surface area contributed by atoms with Gasteiger partial charge in [0.1, 0.15) is 0 Å². The molecule has 1 aliphatic carbocycles. The molecule has 3 fully saturated rings. The zero-order valence-electron chi connectivity index (χ0n) is 18.5. The first-order chi connectivity index (χ1) is 15.4. The molecule has 6 rings (SSSR count). The molecule has 0 amide bonds. The lowest BCUT2D eigenvalue weighted by atomic mass is 9.61. The molecule has 32 heavy (non-hydrogen) atoms. The van der Waals surface area contributed by atoms with Crippen LogP contribution in [0.25, 0.3) is 22.2 Å². The molecule has 1 N–H and O–H groups in total. The van der Waals surface area contributed by atoms with Gasteiger partial charge >= 0.3 is 0 Å². The molecule has 7 heteroatoms. The molecule has 2 aliphatic heterocycles. The van der Waals surface area contributed by atoms with Crippen LogP contribution in [0.1, 0.15) is 18.5 Å². The number of alkyl halides is 2. The van der Waals surface area contributed by atoms with Gasteiger partial charge in [0, 0.05) is 98.1 Å². The van der Waals surface area contributed by atoms with Gasteiger partial charge in [0.05, 0.1) is 5.69 Å². The van der Waals surface area contributed by atoms with Crippen molar-refractivity contribution in [1.82, 2.24) is 19.8 Å². The summed E-state index contributed by atoms with van der Waals surface area (Å²) in [4.78, 5) is 15.2. The van der Waals surface area contributed by atoms with Crippen LogP contribution in [0.4, 0.5) is 14.5 Å². The molecule has 4 heterocycles. The summed E-state index contributed by atoms with van der Waals surface area (Å²) in [6.07, 6.45) is 1.96. The summed E-state index contributed by atoms with van der Waals surface area (Å²) in [5.74, 6) is -2.44. The highest BCUT2D eigenvalue weighted by Gasteiger charge is 2.61. The van der Waals surface area contributed by atoms with Crippen molar-refractivity contribution in [3.63, 3.8) is 0 Å². The van der Waals surface area contributed by atoms with Crippen LogP contribution in [0.3, 0.4) is 0 Å². The normalized spacial score (nSPS) is 22.8. The first kappa shape index (κ1) is 20.1. The van der Waals surface area contributed by atoms with Crippen molar-refractivity contribution in [2.24, 2.45) is 5.41 Å². The number of nitrogens with zero attached hydrogens (tertiary/aromatic N) is 4. The number of anilines is 1. The van der Waals surface area contributed by atoms with Crippen molar-refractivity contribution in [3.05, 3.63) is 48.3 Å². The molecule has 1 spiro atoms. The van der Waals surface area contributed by atoms with Crippen LogP contribution in [-0.4, -0.2) is 72.0 Å². The molecule has 3 aliphatic rings. The first-order valence-electron chi connectivity index (χ1n) is 11.5. The molecule has 0 bridgehead atoms. The van der Waals surface area contributed by atoms with E-state index in [-0.39, 0.29) is 18.3 Å². The number of piperazine rings is 1. The molecule has 1 aromatic carbocycles. The molecule has 0 atom stereocenters. The van der Waals surface area contributed by atoms with Crippen molar-refractivity contribution in [2.75, 3.05) is 51.2 Å². The molecule has 0 radical (unpaired) electrons. The van der Waals surface area contributed by atoms with Gasteiger partial charge in [-0.25, -0.2) is 8.78 Å². The Morgan fingerprint density at radius 2 is 1.72 bits per heavy atom. The predicted octanol–water partition coefficient (Wildman–Crippen LogP) is 4.21. The van der Waals surface area contributed by atoms with Crippen molar-refractivity contribution in [3.8, 4) is 11.3 Å². The quantitative estimate of drug-likeness (QED) is 0.664. The fourth-order valence-electron chi connectivity index (χ4n) is 5.85. The molecular weight excluding hydrogens is 408 g/mol. The Morgan fingerprint density at radius 1 is 1.00 bits per heavy atom. The summed E-state index contributed by atoms with van der Waals surface area (Å²) >= 11 is 0. The highest BCUT2D eigenvalue weighted by atomic mass is 19.3. The molecule has 1 saturated carbocycles. The van der Waals surface area contributed by atoms with E-state index in [0.29, 0.717) is 0 Å². The largest absolute Gasteiger partial charge is 0.369 e. The maximum Gasteiger partial charge on any atom is 0.249 e. The molecule has 2 saturated heterocycles. The second-order valence-corrected chi connectivity index (χ2v) is 10.1. The number of nitrogens with one attached hydrogen (secondary N) is 1. The Labute approximate surface area is 187 Å². The number of hydrogen-bond donors (Lipinski definition) is 1. The van der Waals surface area contributed by atoms with Crippen LogP contribution in [0.15, 0.2) is 42.6 Å². The number of likely N-dealkylation sites (tertiary alicyclic amines) is 1. The van der Waals surface area contributed by atoms with Crippen molar-refractivity contribution in [2.45, 2.75) is 25.3 Å². The van der Waals surface area contributed by atoms with Crippen LogP contribution < -0.4 is 4.90 Å². The van der Waals surface area contributed by atoms with E-state index in [9.17, 15) is 8.78 Å². The third-order valence-electron chi connectivity index (χ3n) is 7.39. The highest BCUT2D eigenvalue weighted by Crippen LogP contribution is 2.56. The lowest BCUT2D eigenvalue weighted by molar-refractivity contribution is -0.215. The zero-order valence-corrected chi connectivity index (χ0v) is 18.5. The average molecular weight is 438 g/mol. The van der Waals surface area contributed by atoms with Crippen LogP contribution in [0, 0.1) is 5.41 Å². The van der Waals surface area contributed by atoms with Crippen LogP contribution in [0.2, 0.25) is 0 Å². The second-order valence-electron chi connectivity index (χ2n) is 10.1. The summed E-state index contributed by atoms with van der Waals surface area (Å²) < 4.78 is 26.5. The van der Waals surface area contributed by atoms with Crippen LogP contribution >= 0.6 is 0 Å². The standard InChI is InChI=1S/C25H29F2N5/c1-30-8-10-32(11-9-30)20-4-2-18(3-5-20)23-21-12-19(29-22(21)6-7-28-23)13-31-16-24(17-31)14-25(26,27)15-24/h2-7,12,29H,8-11,13-17H2,1H3. The minimum absolute atomic E-state index is 0.0569. The van der Waals surface area contributed by atoms with Gasteiger partial charge in [0.25, 0.3) is 0 Å². The summed E-state index contributed by atoms with van der Waals surface area (Å²) in [7, 11) is 2.17. The summed E-state index contributed by atoms with van der Waals surface area (Å²) in [5, 5.41) is 1.11. The van der Waals surface area contributed by atoms with E-state index >= 15 is 0 Å². The minimum atomic E-state index is -2.44. The molecule has 168 valence electrons. The predicted molar refractivity (Wildman–Crippen MR) is 123 cm³/mol. The fraction of sp³-hybridized carbons (Fsp3) is 0.480. The molecule has 3 aromatic rings. The first-order valence-corrected chi connectivity index (χ1v) is 11.5. The monoisotopic (exact) mass is 437 g/mol. The number of halogens is 2. The maximum atomic E-state index is 13.3. The van der Waals surface area contributed by atoms with E-state index < -0.39 is 5.92 Å². The van der Waals surface area contributed by atoms with Gasteiger partial charge < -0.3 is 14.8 Å². The maximum absolute atomic E-state index is 13.3. The third-order valence-corrected chi connectivity index (χ3v) is 7.39. The van der Waals surface area contributed by atoms with Gasteiger partial charge in [0.2, 0.25) is 5.92 Å². The van der Waals surface area contributed by atoms with Gasteiger partial charge in [-0.05, 0) is 31.3 Å². The van der Waals surface area contributed by atoms with Crippen LogP contribution in [0.5, 0.6) is 0 Å². The molecule has 2 aromatic heterocycles. The number of fused-ring (bicyclic) bond motifs is 1. The Kier molecular flexibility index (Phi) is 4.56. The number of rotatable bonds is 4. The van der Waals surface area contributed by atoms with E-state index in [2.05, 4.69) is 62.0 Å². The van der Waals surface area contributed by atoms with Gasteiger partial charge in [-0.1, -0.05) is 12.1 Å². The van der Waals surface area contributed by atoms with E-state index in [1.807, 2.05) is 12.3 Å². The van der Waals surface area contributed by atoms with Gasteiger partial charge in [-0.15, -0.1) is 0 Å². The van der Waals surface area contributed by atoms with Gasteiger partial charge in [-0.2, -0.15) is 0 Å². The van der Waals surface area contributed by atoms with Crippen molar-refractivity contribution >= 4 is 16.6 Å². The fourth-order valence-corrected chi connectivity index (χ4v) is 5.85. The summed E-state index contributed by atoms with van der Waals surface area (Å²) in [5.41, 5.74) is 5.40. The topological polar surface area (TPSA) is 38.4 Å². The van der Waals surface area contributed by atoms with E-state index in [4.69, 9.17) is 0 Å². The lowest BCUT2D eigenvalue weighted by Gasteiger charge is -2.58. The number of aromatic amines is 1. The molecular formula is C25H29F2N5. The van der Waals surface area contributed by atoms with Crippen molar-refractivity contribution < 1.29 is 8.78 Å². The number of pyridine rings is 1. The Hall–Kier alpha value is -2.51. The summed E-state index contributed by atoms with van der Waals surface area (Å²) in [6.45, 7) is 6.61. The Balaban J connectivity index is 1.17. The van der Waals surface area contributed by atoms with Crippen LogP contribution in [-0.2, 0) is 6.54 Å². The lowest BCUT2D eigenvalue weighted by Crippen LogP contribution is -2.65. The summed E-state index contributed by atoms with van der Waals surface area (Å²) in [6, 6.07) is 12.9. The zero-order chi connectivity index (χ0) is 21.9. The van der Waals surface area contributed by atoms with Crippen molar-refractivity contribution in [1.29, 1.82) is 0 Å². The minimum Gasteiger partial charge on any atom is -0.369 e. The second kappa shape index (κ2) is 7.25. The third kappa shape index (κ3) is 3.57. The van der Waals surface area contributed by atoms with E-state index in [1.54, 1.807) is 0 Å². The number of likely N-dealkylation sites (N-methyl/N-ethyl adjacent to an activating group) is 1. The number of H-pyrrole nitrogens is 1. The number of aromatic nitrogens is 2. The van der Waals surface area contributed by atoms with E-state index in [0.717, 1.165) is 73.7 Å². The Bertz CT molecular complexity index is 1110. The smallest absolute Gasteiger partial charge is 0.249 e. The molecule has 0 unspecified atom stereocenters. The number of hydrogen-bond acceptors (Lipinski definition) is 4. The molecule has 5 nitrogen and oxygen atoms in total. The SMILES string of the molecule is CN1CCN(c2ccc(-c3nccc4[nH]c(CN5CC6(C5)CC(F)(F)C6)cc34)cc2)CC1. The average Bonchev–Trinajstić information content (AvgIpc) is 3.14. The highest BCUT2D eigenvalue weighted by molar-refractivity contribution is 5.93. The number of benzene rings is 1. The van der Waals surface area contributed by atoms with Gasteiger partial charge in [0.15, 0.2) is 0 Å².